The highest BCUT2D eigenvalue weighted by atomic mass is 19.1. The van der Waals surface area contributed by atoms with Gasteiger partial charge in [-0.3, -0.25) is 4.79 Å². The molecule has 2 aromatic carbocycles. The van der Waals surface area contributed by atoms with E-state index in [9.17, 15) is 9.18 Å². The highest BCUT2D eigenvalue weighted by Gasteiger charge is 2.09. The minimum Gasteiger partial charge on any atom is -0.352 e. The number of carbonyl (C=O) groups is 1. The summed E-state index contributed by atoms with van der Waals surface area (Å²) in [4.78, 5) is 12.2. The van der Waals surface area contributed by atoms with Gasteiger partial charge in [-0.15, -0.1) is 0 Å². The lowest BCUT2D eigenvalue weighted by Crippen LogP contribution is -2.25. The van der Waals surface area contributed by atoms with E-state index >= 15 is 0 Å². The quantitative estimate of drug-likeness (QED) is 0.783. The zero-order valence-corrected chi connectivity index (χ0v) is 13.4. The largest absolute Gasteiger partial charge is 0.352 e. The summed E-state index contributed by atoms with van der Waals surface area (Å²) < 4.78 is 14.5. The van der Waals surface area contributed by atoms with Crippen molar-refractivity contribution < 1.29 is 9.18 Å². The first-order valence-electron chi connectivity index (χ1n) is 7.76. The molecule has 0 bridgehead atoms. The van der Waals surface area contributed by atoms with Gasteiger partial charge in [-0.2, -0.15) is 5.10 Å². The lowest BCUT2D eigenvalue weighted by atomic mass is 10.1. The molecule has 122 valence electrons. The fourth-order valence-electron chi connectivity index (χ4n) is 2.47. The monoisotopic (exact) mass is 323 g/mol. The van der Waals surface area contributed by atoms with Crippen molar-refractivity contribution in [2.75, 3.05) is 6.54 Å². The zero-order chi connectivity index (χ0) is 16.9. The molecule has 3 aromatic rings. The van der Waals surface area contributed by atoms with Crippen molar-refractivity contribution in [2.45, 2.75) is 13.3 Å². The number of nitrogens with zero attached hydrogens (tertiary/aromatic N) is 2. The van der Waals surface area contributed by atoms with Crippen LogP contribution in [-0.2, 0) is 6.42 Å². The average Bonchev–Trinajstić information content (AvgIpc) is 3.05. The van der Waals surface area contributed by atoms with Crippen LogP contribution in [0.15, 0.2) is 60.9 Å². The van der Waals surface area contributed by atoms with Crippen LogP contribution in [0.5, 0.6) is 0 Å². The second-order valence-electron chi connectivity index (χ2n) is 5.64. The van der Waals surface area contributed by atoms with Gasteiger partial charge in [0.2, 0.25) is 0 Å². The van der Waals surface area contributed by atoms with Gasteiger partial charge in [0, 0.05) is 12.7 Å². The molecule has 0 spiro atoms. The number of hydrogen-bond acceptors (Lipinski definition) is 2. The number of rotatable bonds is 5. The fraction of sp³-hybridized carbons (Fsp3) is 0.158. The Morgan fingerprint density at radius 3 is 2.75 bits per heavy atom. The van der Waals surface area contributed by atoms with E-state index in [1.165, 1.54) is 29.5 Å². The first-order valence-corrected chi connectivity index (χ1v) is 7.76. The number of aryl methyl sites for hydroxylation is 1. The summed E-state index contributed by atoms with van der Waals surface area (Å²) in [6, 6.07) is 14.2. The molecule has 0 radical (unpaired) electrons. The Morgan fingerprint density at radius 2 is 2.00 bits per heavy atom. The Balaban J connectivity index is 1.58. The molecule has 1 N–H and O–H groups in total. The third kappa shape index (κ3) is 3.87. The summed E-state index contributed by atoms with van der Waals surface area (Å²) in [5.74, 6) is -0.476. The summed E-state index contributed by atoms with van der Waals surface area (Å²) in [6.45, 7) is 2.61. The summed E-state index contributed by atoms with van der Waals surface area (Å²) in [5.41, 5.74) is 3.58. The highest BCUT2D eigenvalue weighted by molar-refractivity contribution is 5.93. The average molecular weight is 323 g/mol. The molecular formula is C19H18FN3O. The Morgan fingerprint density at radius 1 is 1.21 bits per heavy atom. The molecule has 5 heteroatoms. The van der Waals surface area contributed by atoms with E-state index in [2.05, 4.69) is 16.5 Å². The molecule has 0 fully saturated rings. The maximum absolute atomic E-state index is 12.9. The van der Waals surface area contributed by atoms with Crippen molar-refractivity contribution in [1.29, 1.82) is 0 Å². The number of aromatic nitrogens is 2. The molecule has 0 saturated heterocycles. The van der Waals surface area contributed by atoms with E-state index < -0.39 is 0 Å². The number of hydrogen-bond donors (Lipinski definition) is 1. The normalized spacial score (nSPS) is 10.6. The maximum atomic E-state index is 12.9. The number of nitrogens with one attached hydrogen (secondary N) is 1. The SMILES string of the molecule is Cc1cccc(CCNC(=O)c2cnn(-c3ccc(F)cc3)c2)c1. The van der Waals surface area contributed by atoms with Crippen molar-refractivity contribution in [3.8, 4) is 5.69 Å². The van der Waals surface area contributed by atoms with Crippen LogP contribution in [0.4, 0.5) is 4.39 Å². The molecule has 1 aromatic heterocycles. The summed E-state index contributed by atoms with van der Waals surface area (Å²) >= 11 is 0. The number of amides is 1. The van der Waals surface area contributed by atoms with Gasteiger partial charge in [-0.1, -0.05) is 29.8 Å². The maximum Gasteiger partial charge on any atom is 0.254 e. The molecular weight excluding hydrogens is 305 g/mol. The Hall–Kier alpha value is -2.95. The van der Waals surface area contributed by atoms with Gasteiger partial charge < -0.3 is 5.32 Å². The van der Waals surface area contributed by atoms with Crippen molar-refractivity contribution in [3.05, 3.63) is 83.4 Å². The van der Waals surface area contributed by atoms with Crippen molar-refractivity contribution >= 4 is 5.91 Å². The predicted octanol–water partition coefficient (Wildman–Crippen LogP) is 3.29. The van der Waals surface area contributed by atoms with Crippen LogP contribution in [0.25, 0.3) is 5.69 Å². The van der Waals surface area contributed by atoms with E-state index in [1.807, 2.05) is 25.1 Å². The highest BCUT2D eigenvalue weighted by Crippen LogP contribution is 2.09. The summed E-state index contributed by atoms with van der Waals surface area (Å²) in [5, 5.41) is 7.04. The lowest BCUT2D eigenvalue weighted by molar-refractivity contribution is 0.0954. The fourth-order valence-corrected chi connectivity index (χ4v) is 2.47. The van der Waals surface area contributed by atoms with Crippen LogP contribution in [-0.4, -0.2) is 22.2 Å². The Kier molecular flexibility index (Phi) is 4.70. The zero-order valence-electron chi connectivity index (χ0n) is 13.4. The number of carbonyl (C=O) groups excluding carboxylic acids is 1. The van der Waals surface area contributed by atoms with Gasteiger partial charge in [0.15, 0.2) is 0 Å². The van der Waals surface area contributed by atoms with E-state index in [-0.39, 0.29) is 11.7 Å². The second-order valence-corrected chi connectivity index (χ2v) is 5.64. The van der Waals surface area contributed by atoms with Crippen molar-refractivity contribution in [2.24, 2.45) is 0 Å². The van der Waals surface area contributed by atoms with Gasteiger partial charge in [0.25, 0.3) is 5.91 Å². The Labute approximate surface area is 139 Å². The molecule has 0 saturated carbocycles. The Bertz CT molecular complexity index is 840. The predicted molar refractivity (Wildman–Crippen MR) is 90.7 cm³/mol. The minimum atomic E-state index is -0.306. The van der Waals surface area contributed by atoms with Gasteiger partial charge in [-0.05, 0) is 43.2 Å². The number of halogens is 1. The third-order valence-corrected chi connectivity index (χ3v) is 3.72. The summed E-state index contributed by atoms with van der Waals surface area (Å²) in [6.07, 6.45) is 3.92. The first kappa shape index (κ1) is 15.9. The molecule has 0 atom stereocenters. The van der Waals surface area contributed by atoms with Crippen LogP contribution >= 0.6 is 0 Å². The standard InChI is InChI=1S/C19H18FN3O/c1-14-3-2-4-15(11-14)9-10-21-19(24)16-12-22-23(13-16)18-7-5-17(20)6-8-18/h2-8,11-13H,9-10H2,1H3,(H,21,24). The molecule has 1 heterocycles. The smallest absolute Gasteiger partial charge is 0.254 e. The van der Waals surface area contributed by atoms with Gasteiger partial charge in [0.05, 0.1) is 17.4 Å². The van der Waals surface area contributed by atoms with Crippen LogP contribution in [0, 0.1) is 12.7 Å². The van der Waals surface area contributed by atoms with Gasteiger partial charge in [0.1, 0.15) is 5.82 Å². The molecule has 0 aliphatic heterocycles. The molecule has 1 amide bonds. The third-order valence-electron chi connectivity index (χ3n) is 3.72. The molecule has 0 unspecified atom stereocenters. The van der Waals surface area contributed by atoms with Crippen LogP contribution < -0.4 is 5.32 Å². The van der Waals surface area contributed by atoms with E-state index in [0.29, 0.717) is 17.8 Å². The molecule has 0 aliphatic carbocycles. The molecule has 0 aliphatic rings. The minimum absolute atomic E-state index is 0.170. The van der Waals surface area contributed by atoms with Gasteiger partial charge >= 0.3 is 0 Å². The van der Waals surface area contributed by atoms with E-state index in [1.54, 1.807) is 23.0 Å². The number of benzene rings is 2. The van der Waals surface area contributed by atoms with Gasteiger partial charge in [-0.25, -0.2) is 9.07 Å². The van der Waals surface area contributed by atoms with Crippen LogP contribution in [0.1, 0.15) is 21.5 Å². The van der Waals surface area contributed by atoms with E-state index in [4.69, 9.17) is 0 Å². The topological polar surface area (TPSA) is 46.9 Å². The van der Waals surface area contributed by atoms with Crippen molar-refractivity contribution in [3.63, 3.8) is 0 Å². The van der Waals surface area contributed by atoms with E-state index in [0.717, 1.165) is 6.42 Å². The second kappa shape index (κ2) is 7.08. The first-order chi connectivity index (χ1) is 11.6. The molecule has 24 heavy (non-hydrogen) atoms. The summed E-state index contributed by atoms with van der Waals surface area (Å²) in [7, 11) is 0. The van der Waals surface area contributed by atoms with Crippen LogP contribution in [0.3, 0.4) is 0 Å². The molecule has 4 nitrogen and oxygen atoms in total. The lowest BCUT2D eigenvalue weighted by Gasteiger charge is -2.05. The van der Waals surface area contributed by atoms with Crippen molar-refractivity contribution in [1.82, 2.24) is 15.1 Å². The molecule has 3 rings (SSSR count). The van der Waals surface area contributed by atoms with Crippen LogP contribution in [0.2, 0.25) is 0 Å².